The SMILES string of the molecule is NCc1cccc(CNC(=O)c2ccc3nc(Cc4nc5ccc(CN)cc5[nH]4)[nH]c3c2)c1. The lowest BCUT2D eigenvalue weighted by Crippen LogP contribution is -2.22. The molecule has 0 unspecified atom stereocenters. The standard InChI is InChI=1S/C25H25N7O/c26-12-15-2-1-3-17(8-15)14-28-25(33)18-5-7-20-22(10-18)32-24(30-20)11-23-29-19-6-4-16(13-27)9-21(19)31-23/h1-10H,11-14,26-27H2,(H,28,33)(H,29,31)(H,30,32). The third-order valence-electron chi connectivity index (χ3n) is 5.64. The minimum atomic E-state index is -0.140. The van der Waals surface area contributed by atoms with Gasteiger partial charge in [-0.25, -0.2) is 9.97 Å². The van der Waals surface area contributed by atoms with Gasteiger partial charge in [-0.05, 0) is 47.0 Å². The van der Waals surface area contributed by atoms with E-state index >= 15 is 0 Å². The minimum Gasteiger partial charge on any atom is -0.348 e. The molecule has 1 amide bonds. The Balaban J connectivity index is 1.30. The lowest BCUT2D eigenvalue weighted by atomic mass is 10.1. The van der Waals surface area contributed by atoms with Gasteiger partial charge in [0.2, 0.25) is 0 Å². The topological polar surface area (TPSA) is 138 Å². The van der Waals surface area contributed by atoms with Gasteiger partial charge in [0.25, 0.3) is 5.91 Å². The van der Waals surface area contributed by atoms with Crippen LogP contribution in [0.4, 0.5) is 0 Å². The number of aromatic nitrogens is 4. The number of nitrogens with zero attached hydrogens (tertiary/aromatic N) is 2. The first kappa shape index (κ1) is 20.9. The molecule has 0 aliphatic carbocycles. The van der Waals surface area contributed by atoms with Crippen LogP contribution in [0.2, 0.25) is 0 Å². The Morgan fingerprint density at radius 2 is 1.42 bits per heavy atom. The van der Waals surface area contributed by atoms with E-state index in [4.69, 9.17) is 11.5 Å². The number of hydrogen-bond acceptors (Lipinski definition) is 5. The van der Waals surface area contributed by atoms with Crippen LogP contribution in [0.5, 0.6) is 0 Å². The highest BCUT2D eigenvalue weighted by atomic mass is 16.1. The fourth-order valence-corrected chi connectivity index (χ4v) is 3.92. The first-order valence-corrected chi connectivity index (χ1v) is 10.8. The monoisotopic (exact) mass is 439 g/mol. The van der Waals surface area contributed by atoms with Gasteiger partial charge in [-0.3, -0.25) is 4.79 Å². The molecular formula is C25H25N7O. The summed E-state index contributed by atoms with van der Waals surface area (Å²) in [6.45, 7) is 1.41. The molecule has 2 aromatic heterocycles. The first-order chi connectivity index (χ1) is 16.1. The van der Waals surface area contributed by atoms with Crippen molar-refractivity contribution in [3.8, 4) is 0 Å². The highest BCUT2D eigenvalue weighted by Crippen LogP contribution is 2.18. The number of H-pyrrole nitrogens is 2. The minimum absolute atomic E-state index is 0.140. The van der Waals surface area contributed by atoms with E-state index in [1.165, 1.54) is 0 Å². The smallest absolute Gasteiger partial charge is 0.251 e. The number of benzene rings is 3. The van der Waals surface area contributed by atoms with Gasteiger partial charge in [-0.15, -0.1) is 0 Å². The van der Waals surface area contributed by atoms with Crippen molar-refractivity contribution in [2.24, 2.45) is 11.5 Å². The van der Waals surface area contributed by atoms with E-state index < -0.39 is 0 Å². The molecule has 0 radical (unpaired) electrons. The summed E-state index contributed by atoms with van der Waals surface area (Å²) in [4.78, 5) is 28.6. The van der Waals surface area contributed by atoms with Crippen molar-refractivity contribution >= 4 is 28.0 Å². The van der Waals surface area contributed by atoms with Crippen LogP contribution in [0.1, 0.15) is 38.7 Å². The van der Waals surface area contributed by atoms with Gasteiger partial charge in [0.05, 0.1) is 28.5 Å². The average molecular weight is 440 g/mol. The predicted molar refractivity (Wildman–Crippen MR) is 128 cm³/mol. The average Bonchev–Trinajstić information content (AvgIpc) is 3.44. The van der Waals surface area contributed by atoms with Crippen molar-refractivity contribution in [3.63, 3.8) is 0 Å². The number of aromatic amines is 2. The Morgan fingerprint density at radius 1 is 0.788 bits per heavy atom. The third-order valence-corrected chi connectivity index (χ3v) is 5.64. The highest BCUT2D eigenvalue weighted by molar-refractivity contribution is 5.97. The van der Waals surface area contributed by atoms with Gasteiger partial charge in [-0.2, -0.15) is 0 Å². The number of rotatable bonds is 7. The van der Waals surface area contributed by atoms with Crippen LogP contribution < -0.4 is 16.8 Å². The summed E-state index contributed by atoms with van der Waals surface area (Å²) in [7, 11) is 0. The second kappa shape index (κ2) is 8.85. The molecule has 3 aromatic carbocycles. The summed E-state index contributed by atoms with van der Waals surface area (Å²) in [5, 5.41) is 2.96. The van der Waals surface area contributed by atoms with Crippen LogP contribution in [-0.2, 0) is 26.1 Å². The van der Waals surface area contributed by atoms with Crippen molar-refractivity contribution in [2.45, 2.75) is 26.1 Å². The second-order valence-electron chi connectivity index (χ2n) is 8.04. The summed E-state index contributed by atoms with van der Waals surface area (Å²) >= 11 is 0. The van der Waals surface area contributed by atoms with E-state index in [1.807, 2.05) is 54.6 Å². The van der Waals surface area contributed by atoms with Crippen molar-refractivity contribution in [1.29, 1.82) is 0 Å². The quantitative estimate of drug-likeness (QED) is 0.265. The summed E-state index contributed by atoms with van der Waals surface area (Å²) in [6, 6.07) is 19.3. The number of nitrogens with one attached hydrogen (secondary N) is 3. The number of imidazole rings is 2. The summed E-state index contributed by atoms with van der Waals surface area (Å²) in [6.07, 6.45) is 0.528. The molecule has 5 rings (SSSR count). The van der Waals surface area contributed by atoms with Gasteiger partial charge >= 0.3 is 0 Å². The number of carbonyl (C=O) groups is 1. The molecule has 0 saturated carbocycles. The molecule has 0 bridgehead atoms. The maximum absolute atomic E-state index is 12.7. The zero-order valence-corrected chi connectivity index (χ0v) is 18.1. The molecule has 0 aliphatic heterocycles. The van der Waals surface area contributed by atoms with Crippen LogP contribution in [-0.4, -0.2) is 25.8 Å². The number of carbonyl (C=O) groups excluding carboxylic acids is 1. The molecule has 166 valence electrons. The van der Waals surface area contributed by atoms with E-state index in [1.54, 1.807) is 6.07 Å². The van der Waals surface area contributed by atoms with Crippen LogP contribution in [0.3, 0.4) is 0 Å². The first-order valence-electron chi connectivity index (χ1n) is 10.8. The number of fused-ring (bicyclic) bond motifs is 2. The predicted octanol–water partition coefficient (Wildman–Crippen LogP) is 2.88. The van der Waals surface area contributed by atoms with Gasteiger partial charge in [0, 0.05) is 25.2 Å². The Hall–Kier alpha value is -4.01. The fraction of sp³-hybridized carbons (Fsp3) is 0.160. The van der Waals surface area contributed by atoms with E-state index in [0.29, 0.717) is 31.6 Å². The molecule has 33 heavy (non-hydrogen) atoms. The number of hydrogen-bond donors (Lipinski definition) is 5. The lowest BCUT2D eigenvalue weighted by molar-refractivity contribution is 0.0951. The van der Waals surface area contributed by atoms with E-state index in [2.05, 4.69) is 25.3 Å². The maximum atomic E-state index is 12.7. The summed E-state index contributed by atoms with van der Waals surface area (Å²) in [5.41, 5.74) is 18.6. The molecule has 2 heterocycles. The zero-order chi connectivity index (χ0) is 22.8. The highest BCUT2D eigenvalue weighted by Gasteiger charge is 2.11. The Bertz CT molecular complexity index is 1450. The van der Waals surface area contributed by atoms with Gasteiger partial charge in [0.1, 0.15) is 11.6 Å². The number of amides is 1. The lowest BCUT2D eigenvalue weighted by Gasteiger charge is -2.07. The molecule has 5 aromatic rings. The number of nitrogens with two attached hydrogens (primary N) is 2. The van der Waals surface area contributed by atoms with Crippen LogP contribution in [0.25, 0.3) is 22.1 Å². The fourth-order valence-electron chi connectivity index (χ4n) is 3.92. The second-order valence-corrected chi connectivity index (χ2v) is 8.04. The van der Waals surface area contributed by atoms with E-state index in [9.17, 15) is 4.79 Å². The van der Waals surface area contributed by atoms with Crippen LogP contribution >= 0.6 is 0 Å². The van der Waals surface area contributed by atoms with Gasteiger partial charge in [-0.1, -0.05) is 30.3 Å². The van der Waals surface area contributed by atoms with Gasteiger partial charge < -0.3 is 26.8 Å². The molecule has 0 fully saturated rings. The Kier molecular flexibility index (Phi) is 5.60. The van der Waals surface area contributed by atoms with Crippen LogP contribution in [0.15, 0.2) is 60.7 Å². The molecule has 0 spiro atoms. The summed E-state index contributed by atoms with van der Waals surface area (Å²) < 4.78 is 0. The van der Waals surface area contributed by atoms with E-state index in [0.717, 1.165) is 50.4 Å². The van der Waals surface area contributed by atoms with Crippen molar-refractivity contribution in [3.05, 3.63) is 94.6 Å². The summed E-state index contributed by atoms with van der Waals surface area (Å²) in [5.74, 6) is 1.45. The zero-order valence-electron chi connectivity index (χ0n) is 18.1. The normalized spacial score (nSPS) is 11.3. The molecule has 0 aliphatic rings. The Labute approximate surface area is 190 Å². The molecule has 7 N–H and O–H groups in total. The van der Waals surface area contributed by atoms with Crippen molar-refractivity contribution < 1.29 is 4.79 Å². The molecule has 8 heteroatoms. The van der Waals surface area contributed by atoms with E-state index in [-0.39, 0.29) is 5.91 Å². The van der Waals surface area contributed by atoms with Gasteiger partial charge in [0.15, 0.2) is 0 Å². The maximum Gasteiger partial charge on any atom is 0.251 e. The van der Waals surface area contributed by atoms with Crippen molar-refractivity contribution in [1.82, 2.24) is 25.3 Å². The Morgan fingerprint density at radius 3 is 2.15 bits per heavy atom. The largest absolute Gasteiger partial charge is 0.348 e. The molecule has 0 atom stereocenters. The van der Waals surface area contributed by atoms with Crippen LogP contribution in [0, 0.1) is 0 Å². The molecular weight excluding hydrogens is 414 g/mol. The molecule has 8 nitrogen and oxygen atoms in total. The third kappa shape index (κ3) is 4.48. The molecule has 0 saturated heterocycles. The van der Waals surface area contributed by atoms with Crippen molar-refractivity contribution in [2.75, 3.05) is 0 Å².